The number of amides is 1. The van der Waals surface area contributed by atoms with E-state index in [4.69, 9.17) is 0 Å². The molecular formula is C17H24N2O. The molecule has 0 aromatic heterocycles. The number of nitrogens with one attached hydrogen (secondary N) is 2. The fourth-order valence-corrected chi connectivity index (χ4v) is 3.84. The van der Waals surface area contributed by atoms with Crippen molar-refractivity contribution in [3.63, 3.8) is 0 Å². The third-order valence-electron chi connectivity index (χ3n) is 4.98. The van der Waals surface area contributed by atoms with E-state index in [9.17, 15) is 4.79 Å². The molecule has 3 atom stereocenters. The molecule has 2 N–H and O–H groups in total. The number of carbonyl (C=O) groups is 1. The minimum atomic E-state index is 0.0382. The third kappa shape index (κ3) is 2.59. The van der Waals surface area contributed by atoms with Crippen LogP contribution in [0.1, 0.15) is 37.3 Å². The molecule has 3 nitrogen and oxygen atoms in total. The number of carbonyl (C=O) groups excluding carboxylic acids is 1. The number of aryl methyl sites for hydroxylation is 1. The van der Waals surface area contributed by atoms with E-state index in [1.807, 2.05) is 6.07 Å². The Kier molecular flexibility index (Phi) is 4.06. The highest BCUT2D eigenvalue weighted by molar-refractivity contribution is 5.82. The zero-order valence-electron chi connectivity index (χ0n) is 12.2. The monoisotopic (exact) mass is 272 g/mol. The van der Waals surface area contributed by atoms with Gasteiger partial charge >= 0.3 is 0 Å². The van der Waals surface area contributed by atoms with Gasteiger partial charge in [-0.15, -0.1) is 0 Å². The summed E-state index contributed by atoms with van der Waals surface area (Å²) in [5.74, 6) is 1.48. The summed E-state index contributed by atoms with van der Waals surface area (Å²) in [6.07, 6.45) is 4.80. The molecule has 1 heterocycles. The van der Waals surface area contributed by atoms with Crippen LogP contribution < -0.4 is 10.6 Å². The van der Waals surface area contributed by atoms with Crippen LogP contribution in [0.5, 0.6) is 0 Å². The average Bonchev–Trinajstić information content (AvgIpc) is 3.07. The van der Waals surface area contributed by atoms with Gasteiger partial charge in [-0.1, -0.05) is 37.6 Å². The number of fused-ring (bicyclic) bond motifs is 1. The van der Waals surface area contributed by atoms with Crippen LogP contribution >= 0.6 is 0 Å². The molecule has 1 amide bonds. The molecule has 108 valence electrons. The Bertz CT molecular complexity index is 486. The maximum atomic E-state index is 12.4. The second-order valence-corrected chi connectivity index (χ2v) is 6.08. The summed E-state index contributed by atoms with van der Waals surface area (Å²) in [6.45, 7) is 3.83. The second-order valence-electron chi connectivity index (χ2n) is 6.08. The highest BCUT2D eigenvalue weighted by Gasteiger charge is 2.42. The Labute approximate surface area is 121 Å². The maximum Gasteiger partial charge on any atom is 0.237 e. The average molecular weight is 272 g/mol. The van der Waals surface area contributed by atoms with Gasteiger partial charge in [0, 0.05) is 6.54 Å². The van der Waals surface area contributed by atoms with E-state index in [1.165, 1.54) is 30.4 Å². The molecule has 0 spiro atoms. The topological polar surface area (TPSA) is 41.1 Å². The maximum absolute atomic E-state index is 12.4. The van der Waals surface area contributed by atoms with Crippen LogP contribution in [-0.2, 0) is 17.8 Å². The smallest absolute Gasteiger partial charge is 0.237 e. The molecule has 1 aliphatic carbocycles. The van der Waals surface area contributed by atoms with Crippen LogP contribution in [0.25, 0.3) is 0 Å². The van der Waals surface area contributed by atoms with E-state index in [-0.39, 0.29) is 11.9 Å². The summed E-state index contributed by atoms with van der Waals surface area (Å²) >= 11 is 0. The Hall–Kier alpha value is -1.35. The highest BCUT2D eigenvalue weighted by Crippen LogP contribution is 2.37. The molecule has 3 rings (SSSR count). The van der Waals surface area contributed by atoms with Gasteiger partial charge in [-0.3, -0.25) is 4.79 Å². The molecule has 1 aromatic carbocycles. The third-order valence-corrected chi connectivity index (χ3v) is 4.98. The van der Waals surface area contributed by atoms with Crippen LogP contribution in [0.15, 0.2) is 24.3 Å². The van der Waals surface area contributed by atoms with Crippen molar-refractivity contribution in [2.45, 2.75) is 45.2 Å². The minimum absolute atomic E-state index is 0.0382. The lowest BCUT2D eigenvalue weighted by Crippen LogP contribution is -2.43. The number of benzene rings is 1. The standard InChI is InChI=1S/C17H24N2O/c1-2-12-6-3-4-7-13(12)10-19-17(20)16-15-9-5-8-14(15)11-18-16/h3-4,6-7,14-16,18H,2,5,8-11H2,1H3,(H,19,20). The normalized spacial score (nSPS) is 28.4. The van der Waals surface area contributed by atoms with Crippen molar-refractivity contribution in [1.29, 1.82) is 0 Å². The molecule has 2 fully saturated rings. The first-order chi connectivity index (χ1) is 9.79. The molecule has 1 saturated carbocycles. The summed E-state index contributed by atoms with van der Waals surface area (Å²) in [6, 6.07) is 8.39. The summed E-state index contributed by atoms with van der Waals surface area (Å²) < 4.78 is 0. The van der Waals surface area contributed by atoms with Crippen LogP contribution in [0.4, 0.5) is 0 Å². The fraction of sp³-hybridized carbons (Fsp3) is 0.588. The van der Waals surface area contributed by atoms with Crippen LogP contribution in [0.3, 0.4) is 0 Å². The first-order valence-electron chi connectivity index (χ1n) is 7.87. The lowest BCUT2D eigenvalue weighted by molar-refractivity contribution is -0.123. The molecule has 2 aliphatic rings. The van der Waals surface area contributed by atoms with Crippen molar-refractivity contribution in [1.82, 2.24) is 10.6 Å². The quantitative estimate of drug-likeness (QED) is 0.882. The zero-order chi connectivity index (χ0) is 13.9. The second kappa shape index (κ2) is 5.96. The van der Waals surface area contributed by atoms with Crippen LogP contribution in [0, 0.1) is 11.8 Å². The van der Waals surface area contributed by atoms with E-state index < -0.39 is 0 Å². The van der Waals surface area contributed by atoms with Gasteiger partial charge in [-0.2, -0.15) is 0 Å². The first kappa shape index (κ1) is 13.6. The van der Waals surface area contributed by atoms with Gasteiger partial charge < -0.3 is 10.6 Å². The summed E-state index contributed by atoms with van der Waals surface area (Å²) in [7, 11) is 0. The highest BCUT2D eigenvalue weighted by atomic mass is 16.2. The molecule has 0 bridgehead atoms. The van der Waals surface area contributed by atoms with Crippen LogP contribution in [0.2, 0.25) is 0 Å². The van der Waals surface area contributed by atoms with E-state index in [2.05, 4.69) is 35.8 Å². The lowest BCUT2D eigenvalue weighted by atomic mass is 9.93. The Morgan fingerprint density at radius 2 is 2.10 bits per heavy atom. The number of hydrogen-bond donors (Lipinski definition) is 2. The van der Waals surface area contributed by atoms with Crippen molar-refractivity contribution in [2.24, 2.45) is 11.8 Å². The van der Waals surface area contributed by atoms with Gasteiger partial charge in [0.15, 0.2) is 0 Å². The van der Waals surface area contributed by atoms with Gasteiger partial charge in [0.2, 0.25) is 5.91 Å². The summed E-state index contributed by atoms with van der Waals surface area (Å²) in [5.41, 5.74) is 2.57. The van der Waals surface area contributed by atoms with Crippen molar-refractivity contribution in [2.75, 3.05) is 6.54 Å². The first-order valence-corrected chi connectivity index (χ1v) is 7.87. The van der Waals surface area contributed by atoms with Crippen molar-refractivity contribution >= 4 is 5.91 Å². The van der Waals surface area contributed by atoms with E-state index in [0.29, 0.717) is 12.5 Å². The van der Waals surface area contributed by atoms with Crippen molar-refractivity contribution in [3.05, 3.63) is 35.4 Å². The Morgan fingerprint density at radius 1 is 1.30 bits per heavy atom. The predicted octanol–water partition coefficient (Wildman–Crippen LogP) is 2.25. The number of rotatable bonds is 4. The Balaban J connectivity index is 1.59. The van der Waals surface area contributed by atoms with Crippen LogP contribution in [-0.4, -0.2) is 18.5 Å². The molecule has 0 radical (unpaired) electrons. The van der Waals surface area contributed by atoms with Gasteiger partial charge in [0.05, 0.1) is 6.04 Å². The van der Waals surface area contributed by atoms with Crippen molar-refractivity contribution in [3.8, 4) is 0 Å². The molecule has 1 saturated heterocycles. The number of hydrogen-bond acceptors (Lipinski definition) is 2. The summed E-state index contributed by atoms with van der Waals surface area (Å²) in [4.78, 5) is 12.4. The van der Waals surface area contributed by atoms with Crippen molar-refractivity contribution < 1.29 is 4.79 Å². The molecule has 3 unspecified atom stereocenters. The minimum Gasteiger partial charge on any atom is -0.351 e. The molecule has 1 aromatic rings. The lowest BCUT2D eigenvalue weighted by Gasteiger charge is -2.18. The van der Waals surface area contributed by atoms with E-state index >= 15 is 0 Å². The summed E-state index contributed by atoms with van der Waals surface area (Å²) in [5, 5.41) is 6.54. The molecule has 1 aliphatic heterocycles. The van der Waals surface area contributed by atoms with E-state index in [1.54, 1.807) is 0 Å². The van der Waals surface area contributed by atoms with Gasteiger partial charge in [0.1, 0.15) is 0 Å². The molecule has 3 heteroatoms. The zero-order valence-corrected chi connectivity index (χ0v) is 12.2. The van der Waals surface area contributed by atoms with Gasteiger partial charge in [-0.05, 0) is 48.8 Å². The fourth-order valence-electron chi connectivity index (χ4n) is 3.84. The molecular weight excluding hydrogens is 248 g/mol. The molecule has 20 heavy (non-hydrogen) atoms. The largest absolute Gasteiger partial charge is 0.351 e. The SMILES string of the molecule is CCc1ccccc1CNC(=O)C1NCC2CCCC21. The Morgan fingerprint density at radius 3 is 2.90 bits per heavy atom. The van der Waals surface area contributed by atoms with E-state index in [0.717, 1.165) is 18.9 Å². The van der Waals surface area contributed by atoms with Gasteiger partial charge in [-0.25, -0.2) is 0 Å². The predicted molar refractivity (Wildman–Crippen MR) is 80.3 cm³/mol. The van der Waals surface area contributed by atoms with Gasteiger partial charge in [0.25, 0.3) is 0 Å².